The lowest BCUT2D eigenvalue weighted by Crippen LogP contribution is -2.18. The Hall–Kier alpha value is -2.54. The third-order valence-corrected chi connectivity index (χ3v) is 3.29. The van der Waals surface area contributed by atoms with Crippen LogP contribution in [0.4, 0.5) is 0 Å². The van der Waals surface area contributed by atoms with E-state index < -0.39 is 0 Å². The molecule has 0 fully saturated rings. The summed E-state index contributed by atoms with van der Waals surface area (Å²) in [7, 11) is 0. The van der Waals surface area contributed by atoms with Crippen molar-refractivity contribution in [1.82, 2.24) is 4.98 Å². The number of aromatic nitrogens is 1. The topological polar surface area (TPSA) is 15.8 Å². The highest BCUT2D eigenvalue weighted by Gasteiger charge is 1.98. The van der Waals surface area contributed by atoms with E-state index in [0.717, 1.165) is 21.5 Å². The first-order chi connectivity index (χ1) is 9.24. The molecular formula is C18H15N. The SMILES string of the molecule is C=c1[nH]c2ccc(C=Cc3ccccc3)cc2c1=C. The van der Waals surface area contributed by atoms with Crippen molar-refractivity contribution < 1.29 is 0 Å². The van der Waals surface area contributed by atoms with Crippen molar-refractivity contribution in [3.63, 3.8) is 0 Å². The van der Waals surface area contributed by atoms with E-state index in [4.69, 9.17) is 0 Å². The van der Waals surface area contributed by atoms with Crippen molar-refractivity contribution in [1.29, 1.82) is 0 Å². The molecule has 1 heteroatoms. The Labute approximate surface area is 112 Å². The molecule has 0 aliphatic heterocycles. The van der Waals surface area contributed by atoms with Gasteiger partial charge in [0.25, 0.3) is 0 Å². The zero-order valence-corrected chi connectivity index (χ0v) is 10.7. The van der Waals surface area contributed by atoms with E-state index >= 15 is 0 Å². The summed E-state index contributed by atoms with van der Waals surface area (Å²) in [5.74, 6) is 0. The van der Waals surface area contributed by atoms with Crippen LogP contribution in [-0.4, -0.2) is 4.98 Å². The van der Waals surface area contributed by atoms with Crippen molar-refractivity contribution in [3.8, 4) is 0 Å². The summed E-state index contributed by atoms with van der Waals surface area (Å²) in [5, 5.41) is 3.00. The van der Waals surface area contributed by atoms with Gasteiger partial charge in [-0.3, -0.25) is 0 Å². The van der Waals surface area contributed by atoms with Crippen LogP contribution < -0.4 is 10.6 Å². The van der Waals surface area contributed by atoms with Crippen molar-refractivity contribution >= 4 is 36.2 Å². The Kier molecular flexibility index (Phi) is 2.81. The predicted molar refractivity (Wildman–Crippen MR) is 84.0 cm³/mol. The van der Waals surface area contributed by atoms with Crippen LogP contribution in [0, 0.1) is 0 Å². The van der Waals surface area contributed by atoms with Gasteiger partial charge in [0.15, 0.2) is 0 Å². The predicted octanol–water partition coefficient (Wildman–Crippen LogP) is 3.16. The highest BCUT2D eigenvalue weighted by molar-refractivity contribution is 5.84. The van der Waals surface area contributed by atoms with Crippen LogP contribution in [0.25, 0.3) is 36.2 Å². The van der Waals surface area contributed by atoms with Crippen molar-refractivity contribution in [2.75, 3.05) is 0 Å². The normalized spacial score (nSPS) is 11.4. The highest BCUT2D eigenvalue weighted by Crippen LogP contribution is 2.12. The molecule has 2 aromatic carbocycles. The minimum absolute atomic E-state index is 0.888. The standard InChI is InChI=1S/C18H15N/c1-13-14(2)19-18-11-10-16(12-17(13)18)9-8-15-6-4-3-5-7-15/h3-12,19H,1-2H2. The molecule has 0 radical (unpaired) electrons. The van der Waals surface area contributed by atoms with Crippen molar-refractivity contribution in [3.05, 3.63) is 70.2 Å². The summed E-state index contributed by atoms with van der Waals surface area (Å²) >= 11 is 0. The van der Waals surface area contributed by atoms with Gasteiger partial charge in [0, 0.05) is 16.3 Å². The molecule has 19 heavy (non-hydrogen) atoms. The molecule has 0 bridgehead atoms. The second-order valence-electron chi connectivity index (χ2n) is 4.63. The van der Waals surface area contributed by atoms with Gasteiger partial charge in [0.2, 0.25) is 0 Å². The molecule has 1 heterocycles. The van der Waals surface area contributed by atoms with Crippen LogP contribution in [0.5, 0.6) is 0 Å². The summed E-state index contributed by atoms with van der Waals surface area (Å²) in [6.45, 7) is 7.99. The van der Waals surface area contributed by atoms with E-state index in [9.17, 15) is 0 Å². The average molecular weight is 245 g/mol. The summed E-state index contributed by atoms with van der Waals surface area (Å²) in [5.41, 5.74) is 3.46. The number of H-pyrrole nitrogens is 1. The number of hydrogen-bond acceptors (Lipinski definition) is 0. The molecule has 3 rings (SSSR count). The van der Waals surface area contributed by atoms with Gasteiger partial charge in [0.1, 0.15) is 0 Å². The van der Waals surface area contributed by atoms with E-state index in [1.165, 1.54) is 11.1 Å². The molecule has 0 unspecified atom stereocenters. The maximum Gasteiger partial charge on any atom is 0.0464 e. The van der Waals surface area contributed by atoms with E-state index in [2.05, 4.69) is 60.6 Å². The van der Waals surface area contributed by atoms with Gasteiger partial charge >= 0.3 is 0 Å². The third-order valence-electron chi connectivity index (χ3n) is 3.29. The molecule has 0 atom stereocenters. The van der Waals surface area contributed by atoms with Gasteiger partial charge in [-0.15, -0.1) is 0 Å². The number of benzene rings is 2. The quantitative estimate of drug-likeness (QED) is 0.668. The molecule has 3 aromatic rings. The first-order valence-corrected chi connectivity index (χ1v) is 6.27. The van der Waals surface area contributed by atoms with E-state index in [0.29, 0.717) is 0 Å². The molecule has 1 aromatic heterocycles. The fraction of sp³-hybridized carbons (Fsp3) is 0. The molecular weight excluding hydrogens is 230 g/mol. The number of aromatic amines is 1. The lowest BCUT2D eigenvalue weighted by molar-refractivity contribution is 1.37. The van der Waals surface area contributed by atoms with Gasteiger partial charge in [-0.1, -0.05) is 61.7 Å². The minimum Gasteiger partial charge on any atom is -0.355 e. The number of rotatable bonds is 2. The van der Waals surface area contributed by atoms with Gasteiger partial charge in [-0.25, -0.2) is 0 Å². The number of fused-ring (bicyclic) bond motifs is 1. The van der Waals surface area contributed by atoms with Crippen LogP contribution in [0.15, 0.2) is 48.5 Å². The highest BCUT2D eigenvalue weighted by atomic mass is 14.7. The third kappa shape index (κ3) is 2.23. The fourth-order valence-electron chi connectivity index (χ4n) is 2.18. The van der Waals surface area contributed by atoms with Crippen LogP contribution in [0.2, 0.25) is 0 Å². The van der Waals surface area contributed by atoms with Crippen LogP contribution in [0.1, 0.15) is 11.1 Å². The fourth-order valence-corrected chi connectivity index (χ4v) is 2.18. The molecule has 0 aliphatic rings. The molecule has 0 aliphatic carbocycles. The minimum atomic E-state index is 0.888. The maximum absolute atomic E-state index is 4.05. The van der Waals surface area contributed by atoms with Crippen LogP contribution >= 0.6 is 0 Å². The Morgan fingerprint density at radius 3 is 2.37 bits per heavy atom. The monoisotopic (exact) mass is 245 g/mol. The van der Waals surface area contributed by atoms with Crippen LogP contribution in [0.3, 0.4) is 0 Å². The Morgan fingerprint density at radius 1 is 0.842 bits per heavy atom. The molecule has 1 nitrogen and oxygen atoms in total. The number of hydrogen-bond donors (Lipinski definition) is 1. The Morgan fingerprint density at radius 2 is 1.58 bits per heavy atom. The zero-order valence-electron chi connectivity index (χ0n) is 10.7. The molecule has 0 saturated carbocycles. The summed E-state index contributed by atoms with van der Waals surface area (Å²) in [4.78, 5) is 3.23. The summed E-state index contributed by atoms with van der Waals surface area (Å²) < 4.78 is 0. The van der Waals surface area contributed by atoms with Crippen LogP contribution in [-0.2, 0) is 0 Å². The zero-order chi connectivity index (χ0) is 13.2. The Bertz CT molecular complexity index is 839. The molecule has 92 valence electrons. The summed E-state index contributed by atoms with van der Waals surface area (Å²) in [6, 6.07) is 16.6. The van der Waals surface area contributed by atoms with Crippen molar-refractivity contribution in [2.24, 2.45) is 0 Å². The van der Waals surface area contributed by atoms with E-state index in [1.807, 2.05) is 18.2 Å². The molecule has 0 saturated heterocycles. The maximum atomic E-state index is 4.05. The molecule has 0 spiro atoms. The first-order valence-electron chi connectivity index (χ1n) is 6.27. The molecule has 1 N–H and O–H groups in total. The lowest BCUT2D eigenvalue weighted by Gasteiger charge is -1.95. The van der Waals surface area contributed by atoms with Gasteiger partial charge in [-0.05, 0) is 28.5 Å². The Balaban J connectivity index is 2.02. The summed E-state index contributed by atoms with van der Waals surface area (Å²) in [6.07, 6.45) is 4.23. The van der Waals surface area contributed by atoms with E-state index in [-0.39, 0.29) is 0 Å². The second kappa shape index (κ2) is 4.62. The molecule has 0 amide bonds. The lowest BCUT2D eigenvalue weighted by atomic mass is 10.1. The van der Waals surface area contributed by atoms with Crippen molar-refractivity contribution in [2.45, 2.75) is 0 Å². The smallest absolute Gasteiger partial charge is 0.0464 e. The number of nitrogens with one attached hydrogen (secondary N) is 1. The average Bonchev–Trinajstić information content (AvgIpc) is 2.73. The largest absolute Gasteiger partial charge is 0.355 e. The van der Waals surface area contributed by atoms with Gasteiger partial charge < -0.3 is 4.98 Å². The second-order valence-corrected chi connectivity index (χ2v) is 4.63. The first kappa shape index (κ1) is 11.5. The van der Waals surface area contributed by atoms with Gasteiger partial charge in [-0.2, -0.15) is 0 Å². The van der Waals surface area contributed by atoms with Gasteiger partial charge in [0.05, 0.1) is 0 Å². The van der Waals surface area contributed by atoms with E-state index in [1.54, 1.807) is 0 Å².